The minimum atomic E-state index is -0.0863. The summed E-state index contributed by atoms with van der Waals surface area (Å²) < 4.78 is 18.7. The van der Waals surface area contributed by atoms with E-state index in [4.69, 9.17) is 14.2 Å². The van der Waals surface area contributed by atoms with E-state index in [0.29, 0.717) is 24.5 Å². The summed E-state index contributed by atoms with van der Waals surface area (Å²) in [6.07, 6.45) is 2.18. The fourth-order valence-corrected chi connectivity index (χ4v) is 5.13. The molecule has 0 bridgehead atoms. The zero-order chi connectivity index (χ0) is 24.4. The minimum absolute atomic E-state index is 0.0863. The normalized spacial score (nSPS) is 20.2. The molecule has 3 aliphatic heterocycles. The first kappa shape index (κ1) is 23.7. The van der Waals surface area contributed by atoms with Gasteiger partial charge < -0.3 is 24.1 Å². The molecule has 4 heterocycles. The quantitative estimate of drug-likeness (QED) is 0.653. The average molecular weight is 480 g/mol. The maximum absolute atomic E-state index is 13.0. The monoisotopic (exact) mass is 479 g/mol. The van der Waals surface area contributed by atoms with Crippen molar-refractivity contribution in [1.29, 1.82) is 5.26 Å². The predicted octanol–water partition coefficient (Wildman–Crippen LogP) is 2.64. The van der Waals surface area contributed by atoms with Crippen LogP contribution in [0.2, 0.25) is 0 Å². The second-order valence-electron chi connectivity index (χ2n) is 9.58. The van der Waals surface area contributed by atoms with Crippen molar-refractivity contribution in [2.24, 2.45) is 0 Å². The third kappa shape index (κ3) is 5.15. The summed E-state index contributed by atoms with van der Waals surface area (Å²) in [6, 6.07) is 8.38. The summed E-state index contributed by atoms with van der Waals surface area (Å²) in [4.78, 5) is 17.6. The molecule has 1 amide bonds. The Morgan fingerprint density at radius 3 is 2.66 bits per heavy atom. The fraction of sp³-hybridized carbons (Fsp3) is 0.538. The molecule has 2 saturated heterocycles. The number of fused-ring (bicyclic) bond motifs is 1. The zero-order valence-electron chi connectivity index (χ0n) is 20.5. The number of nitrogens with zero attached hydrogens (tertiary/aromatic N) is 4. The molecule has 0 aliphatic carbocycles. The Labute approximate surface area is 206 Å². The number of hydrogen-bond acceptors (Lipinski definition) is 7. The van der Waals surface area contributed by atoms with Gasteiger partial charge in [0.25, 0.3) is 0 Å². The van der Waals surface area contributed by atoms with E-state index in [1.165, 1.54) is 5.56 Å². The number of nitrogens with one attached hydrogen (secondary N) is 1. The number of rotatable bonds is 7. The van der Waals surface area contributed by atoms with Gasteiger partial charge in [-0.3, -0.25) is 14.6 Å². The van der Waals surface area contributed by atoms with E-state index in [0.717, 1.165) is 74.9 Å². The molecule has 1 N–H and O–H groups in total. The molecule has 1 aromatic carbocycles. The van der Waals surface area contributed by atoms with Gasteiger partial charge in [0.05, 0.1) is 24.8 Å². The van der Waals surface area contributed by atoms with Crippen LogP contribution in [-0.2, 0) is 22.6 Å². The van der Waals surface area contributed by atoms with Crippen LogP contribution in [0.3, 0.4) is 0 Å². The highest BCUT2D eigenvalue weighted by Crippen LogP contribution is 2.33. The Bertz CT molecular complexity index is 1120. The van der Waals surface area contributed by atoms with Gasteiger partial charge in [-0.05, 0) is 49.9 Å². The van der Waals surface area contributed by atoms with Crippen LogP contribution in [0.25, 0.3) is 0 Å². The number of nitriles is 1. The maximum Gasteiger partial charge on any atom is 0.239 e. The van der Waals surface area contributed by atoms with Crippen LogP contribution in [0.1, 0.15) is 35.2 Å². The third-order valence-electron chi connectivity index (χ3n) is 7.28. The molecule has 2 aromatic rings. The number of amides is 1. The summed E-state index contributed by atoms with van der Waals surface area (Å²) in [5.41, 5.74) is 3.66. The van der Waals surface area contributed by atoms with Crippen molar-refractivity contribution < 1.29 is 19.0 Å². The van der Waals surface area contributed by atoms with Crippen LogP contribution in [0, 0.1) is 25.2 Å². The molecular formula is C26H33N5O4. The van der Waals surface area contributed by atoms with Crippen molar-refractivity contribution in [1.82, 2.24) is 14.4 Å². The van der Waals surface area contributed by atoms with Gasteiger partial charge in [0.1, 0.15) is 11.9 Å². The van der Waals surface area contributed by atoms with Gasteiger partial charge in [0, 0.05) is 45.0 Å². The minimum Gasteiger partial charge on any atom is -0.454 e. The molecule has 1 atom stereocenters. The summed E-state index contributed by atoms with van der Waals surface area (Å²) in [6.45, 7) is 10.2. The van der Waals surface area contributed by atoms with Crippen molar-refractivity contribution in [3.05, 3.63) is 40.6 Å². The van der Waals surface area contributed by atoms with Gasteiger partial charge in [-0.2, -0.15) is 5.26 Å². The SMILES string of the molecule is Cc1c(C#N)c(NC(=O)CN2CCN(Cc3ccc4c(c3)OCO4)CC2)n(CC2CCCO2)c1C. The van der Waals surface area contributed by atoms with Gasteiger partial charge in [0.2, 0.25) is 12.7 Å². The fourth-order valence-electron chi connectivity index (χ4n) is 5.13. The second kappa shape index (κ2) is 10.3. The van der Waals surface area contributed by atoms with E-state index >= 15 is 0 Å². The highest BCUT2D eigenvalue weighted by Gasteiger charge is 2.25. The molecule has 1 aromatic heterocycles. The van der Waals surface area contributed by atoms with E-state index in [-0.39, 0.29) is 18.8 Å². The summed E-state index contributed by atoms with van der Waals surface area (Å²) >= 11 is 0. The lowest BCUT2D eigenvalue weighted by molar-refractivity contribution is -0.117. The summed E-state index contributed by atoms with van der Waals surface area (Å²) in [5, 5.41) is 12.8. The smallest absolute Gasteiger partial charge is 0.239 e. The molecule has 1 unspecified atom stereocenters. The van der Waals surface area contributed by atoms with E-state index in [1.54, 1.807) is 0 Å². The molecule has 0 spiro atoms. The number of carbonyl (C=O) groups is 1. The summed E-state index contributed by atoms with van der Waals surface area (Å²) in [7, 11) is 0. The molecule has 9 heteroatoms. The van der Waals surface area contributed by atoms with Crippen LogP contribution in [0.4, 0.5) is 5.82 Å². The second-order valence-corrected chi connectivity index (χ2v) is 9.58. The van der Waals surface area contributed by atoms with Crippen LogP contribution in [0.5, 0.6) is 11.5 Å². The zero-order valence-corrected chi connectivity index (χ0v) is 20.5. The molecule has 2 fully saturated rings. The predicted molar refractivity (Wildman–Crippen MR) is 131 cm³/mol. The molecule has 5 rings (SSSR count). The Morgan fingerprint density at radius 2 is 1.91 bits per heavy atom. The average Bonchev–Trinajstić information content (AvgIpc) is 3.58. The van der Waals surface area contributed by atoms with Gasteiger partial charge in [-0.15, -0.1) is 0 Å². The standard InChI is InChI=1S/C26H33N5O4/c1-18-19(2)31(15-21-4-3-11-33-21)26(22(18)13-27)28-25(32)16-30-9-7-29(8-10-30)14-20-5-6-23-24(12-20)35-17-34-23/h5-6,12,21H,3-4,7-11,14-17H2,1-2H3,(H,28,32). The van der Waals surface area contributed by atoms with Gasteiger partial charge in [-0.1, -0.05) is 6.07 Å². The highest BCUT2D eigenvalue weighted by molar-refractivity contribution is 5.93. The van der Waals surface area contributed by atoms with E-state index in [1.807, 2.05) is 30.5 Å². The van der Waals surface area contributed by atoms with Crippen molar-refractivity contribution in [3.8, 4) is 17.6 Å². The first-order chi connectivity index (χ1) is 17.0. The first-order valence-electron chi connectivity index (χ1n) is 12.4. The topological polar surface area (TPSA) is 92.0 Å². The molecule has 3 aliphatic rings. The number of benzene rings is 1. The number of piperazine rings is 1. The number of anilines is 1. The largest absolute Gasteiger partial charge is 0.454 e. The van der Waals surface area contributed by atoms with Crippen molar-refractivity contribution in [2.75, 3.05) is 51.4 Å². The van der Waals surface area contributed by atoms with Gasteiger partial charge in [-0.25, -0.2) is 0 Å². The lowest BCUT2D eigenvalue weighted by Crippen LogP contribution is -2.48. The number of ether oxygens (including phenoxy) is 3. The lowest BCUT2D eigenvalue weighted by Gasteiger charge is -2.34. The van der Waals surface area contributed by atoms with Crippen LogP contribution in [0.15, 0.2) is 18.2 Å². The highest BCUT2D eigenvalue weighted by atomic mass is 16.7. The van der Waals surface area contributed by atoms with E-state index in [9.17, 15) is 10.1 Å². The van der Waals surface area contributed by atoms with Crippen molar-refractivity contribution >= 4 is 11.7 Å². The lowest BCUT2D eigenvalue weighted by atomic mass is 10.1. The third-order valence-corrected chi connectivity index (χ3v) is 7.28. The van der Waals surface area contributed by atoms with E-state index < -0.39 is 0 Å². The van der Waals surface area contributed by atoms with Gasteiger partial charge >= 0.3 is 0 Å². The number of hydrogen-bond donors (Lipinski definition) is 1. The molecule has 186 valence electrons. The summed E-state index contributed by atoms with van der Waals surface area (Å²) in [5.74, 6) is 2.13. The Kier molecular flexibility index (Phi) is 6.95. The first-order valence-corrected chi connectivity index (χ1v) is 12.4. The molecule has 0 saturated carbocycles. The number of carbonyl (C=O) groups excluding carboxylic acids is 1. The Hall–Kier alpha value is -3.06. The van der Waals surface area contributed by atoms with Crippen LogP contribution >= 0.6 is 0 Å². The molecule has 35 heavy (non-hydrogen) atoms. The van der Waals surface area contributed by atoms with Crippen molar-refractivity contribution in [2.45, 2.75) is 45.9 Å². The molecular weight excluding hydrogens is 446 g/mol. The van der Waals surface area contributed by atoms with Crippen LogP contribution in [-0.4, -0.2) is 72.5 Å². The Morgan fingerprint density at radius 1 is 1.14 bits per heavy atom. The number of aromatic nitrogens is 1. The van der Waals surface area contributed by atoms with Gasteiger partial charge in [0.15, 0.2) is 11.5 Å². The molecule has 0 radical (unpaired) electrons. The van der Waals surface area contributed by atoms with Crippen molar-refractivity contribution in [3.63, 3.8) is 0 Å². The Balaban J connectivity index is 1.16. The maximum atomic E-state index is 13.0. The van der Waals surface area contributed by atoms with Crippen LogP contribution < -0.4 is 14.8 Å². The van der Waals surface area contributed by atoms with E-state index in [2.05, 4.69) is 27.3 Å². The molecule has 9 nitrogen and oxygen atoms in total.